The van der Waals surface area contributed by atoms with E-state index in [1.54, 1.807) is 18.4 Å². The van der Waals surface area contributed by atoms with Crippen LogP contribution in [0.15, 0.2) is 5.38 Å². The number of nitrogens with one attached hydrogen (secondary N) is 1. The lowest BCUT2D eigenvalue weighted by atomic mass is 10.1. The highest BCUT2D eigenvalue weighted by Gasteiger charge is 2.12. The van der Waals surface area contributed by atoms with Crippen molar-refractivity contribution in [2.45, 2.75) is 32.2 Å². The van der Waals surface area contributed by atoms with Crippen LogP contribution in [0.1, 0.15) is 23.5 Å². The molecule has 1 amide bonds. The van der Waals surface area contributed by atoms with E-state index in [9.17, 15) is 4.79 Å². The summed E-state index contributed by atoms with van der Waals surface area (Å²) in [5, 5.41) is 5.88. The molecular formula is C12H21N3O2S. The van der Waals surface area contributed by atoms with E-state index in [1.165, 1.54) is 0 Å². The Morgan fingerprint density at radius 1 is 1.67 bits per heavy atom. The third kappa shape index (κ3) is 5.57. The number of amides is 1. The number of thiazole rings is 1. The molecule has 1 atom stereocenters. The molecule has 1 aromatic heterocycles. The highest BCUT2D eigenvalue weighted by atomic mass is 32.1. The summed E-state index contributed by atoms with van der Waals surface area (Å²) < 4.78 is 4.92. The molecule has 0 aliphatic heterocycles. The van der Waals surface area contributed by atoms with Gasteiger partial charge in [-0.2, -0.15) is 0 Å². The van der Waals surface area contributed by atoms with Crippen molar-refractivity contribution in [3.63, 3.8) is 0 Å². The minimum atomic E-state index is -0.446. The topological polar surface area (TPSA) is 77.2 Å². The summed E-state index contributed by atoms with van der Waals surface area (Å²) in [7, 11) is 1.64. The second kappa shape index (κ2) is 8.18. The van der Waals surface area contributed by atoms with Crippen LogP contribution in [0.2, 0.25) is 0 Å². The van der Waals surface area contributed by atoms with E-state index in [0.717, 1.165) is 23.5 Å². The van der Waals surface area contributed by atoms with Crippen molar-refractivity contribution < 1.29 is 9.53 Å². The lowest BCUT2D eigenvalue weighted by molar-refractivity contribution is -0.122. The molecule has 18 heavy (non-hydrogen) atoms. The second-order valence-corrected chi connectivity index (χ2v) is 5.11. The fraction of sp³-hybridized carbons (Fsp3) is 0.667. The maximum atomic E-state index is 11.6. The van der Waals surface area contributed by atoms with Gasteiger partial charge in [0.1, 0.15) is 0 Å². The van der Waals surface area contributed by atoms with E-state index in [-0.39, 0.29) is 5.91 Å². The van der Waals surface area contributed by atoms with Crippen molar-refractivity contribution in [1.29, 1.82) is 0 Å². The Morgan fingerprint density at radius 2 is 2.44 bits per heavy atom. The van der Waals surface area contributed by atoms with E-state index < -0.39 is 6.04 Å². The van der Waals surface area contributed by atoms with E-state index in [1.807, 2.05) is 12.3 Å². The number of aromatic nitrogens is 1. The van der Waals surface area contributed by atoms with Crippen molar-refractivity contribution in [3.05, 3.63) is 16.1 Å². The lowest BCUT2D eigenvalue weighted by Crippen LogP contribution is -2.41. The number of nitrogens with zero attached hydrogens (tertiary/aromatic N) is 1. The molecule has 0 aliphatic rings. The molecule has 1 aromatic rings. The first-order valence-corrected chi connectivity index (χ1v) is 6.94. The van der Waals surface area contributed by atoms with Gasteiger partial charge in [0.2, 0.25) is 5.91 Å². The van der Waals surface area contributed by atoms with Crippen molar-refractivity contribution >= 4 is 17.2 Å². The van der Waals surface area contributed by atoms with Crippen LogP contribution in [0.5, 0.6) is 0 Å². The fourth-order valence-corrected chi connectivity index (χ4v) is 2.30. The zero-order valence-corrected chi connectivity index (χ0v) is 11.8. The van der Waals surface area contributed by atoms with Crippen molar-refractivity contribution in [1.82, 2.24) is 10.3 Å². The standard InChI is InChI=1S/C12H21N3O2S/c1-9-8-18-11(15-9)5-6-14-12(16)10(13)4-3-7-17-2/h8,10H,3-7,13H2,1-2H3,(H,14,16). The van der Waals surface area contributed by atoms with E-state index >= 15 is 0 Å². The predicted molar refractivity (Wildman–Crippen MR) is 72.7 cm³/mol. The fourth-order valence-electron chi connectivity index (χ4n) is 1.52. The van der Waals surface area contributed by atoms with E-state index in [2.05, 4.69) is 10.3 Å². The van der Waals surface area contributed by atoms with Crippen LogP contribution in [0.25, 0.3) is 0 Å². The monoisotopic (exact) mass is 271 g/mol. The molecule has 5 nitrogen and oxygen atoms in total. The third-order valence-electron chi connectivity index (χ3n) is 2.51. The van der Waals surface area contributed by atoms with Crippen LogP contribution in [-0.2, 0) is 16.0 Å². The number of nitrogens with two attached hydrogens (primary N) is 1. The number of aryl methyl sites for hydroxylation is 1. The van der Waals surface area contributed by atoms with E-state index in [0.29, 0.717) is 19.6 Å². The minimum Gasteiger partial charge on any atom is -0.385 e. The number of ether oxygens (including phenoxy) is 1. The summed E-state index contributed by atoms with van der Waals surface area (Å²) in [6, 6.07) is -0.446. The smallest absolute Gasteiger partial charge is 0.236 e. The lowest BCUT2D eigenvalue weighted by Gasteiger charge is -2.11. The largest absolute Gasteiger partial charge is 0.385 e. The summed E-state index contributed by atoms with van der Waals surface area (Å²) in [4.78, 5) is 16.0. The van der Waals surface area contributed by atoms with Crippen LogP contribution >= 0.6 is 11.3 Å². The molecule has 102 valence electrons. The van der Waals surface area contributed by atoms with Gasteiger partial charge in [0, 0.05) is 37.8 Å². The number of carbonyl (C=O) groups is 1. The number of hydrogen-bond donors (Lipinski definition) is 2. The van der Waals surface area contributed by atoms with Gasteiger partial charge in [-0.3, -0.25) is 4.79 Å². The molecule has 0 fully saturated rings. The van der Waals surface area contributed by atoms with Crippen molar-refractivity contribution in [3.8, 4) is 0 Å². The normalized spacial score (nSPS) is 12.4. The van der Waals surface area contributed by atoms with Gasteiger partial charge in [0.05, 0.1) is 11.0 Å². The third-order valence-corrected chi connectivity index (χ3v) is 3.53. The Kier molecular flexibility index (Phi) is 6.85. The first-order valence-electron chi connectivity index (χ1n) is 6.06. The summed E-state index contributed by atoms with van der Waals surface area (Å²) in [5.41, 5.74) is 6.79. The van der Waals surface area contributed by atoms with Crippen LogP contribution in [0, 0.1) is 6.92 Å². The van der Waals surface area contributed by atoms with Gasteiger partial charge in [-0.05, 0) is 19.8 Å². The summed E-state index contributed by atoms with van der Waals surface area (Å²) >= 11 is 1.62. The molecule has 0 saturated heterocycles. The maximum Gasteiger partial charge on any atom is 0.236 e. The number of rotatable bonds is 8. The van der Waals surface area contributed by atoms with Gasteiger partial charge in [-0.15, -0.1) is 11.3 Å². The average Bonchev–Trinajstić information content (AvgIpc) is 2.75. The molecule has 0 bridgehead atoms. The Balaban J connectivity index is 2.16. The van der Waals surface area contributed by atoms with Crippen molar-refractivity contribution in [2.24, 2.45) is 5.73 Å². The minimum absolute atomic E-state index is 0.0978. The molecule has 6 heteroatoms. The summed E-state index contributed by atoms with van der Waals surface area (Å²) in [5.74, 6) is -0.0978. The molecule has 3 N–H and O–H groups in total. The molecular weight excluding hydrogens is 250 g/mol. The zero-order chi connectivity index (χ0) is 13.4. The maximum absolute atomic E-state index is 11.6. The Hall–Kier alpha value is -0.980. The molecule has 1 heterocycles. The molecule has 0 saturated carbocycles. The Morgan fingerprint density at radius 3 is 3.06 bits per heavy atom. The predicted octanol–water partition coefficient (Wildman–Crippen LogP) is 0.864. The van der Waals surface area contributed by atoms with Gasteiger partial charge < -0.3 is 15.8 Å². The summed E-state index contributed by atoms with van der Waals surface area (Å²) in [6.07, 6.45) is 2.21. The van der Waals surface area contributed by atoms with E-state index in [4.69, 9.17) is 10.5 Å². The Labute approximate surface area is 112 Å². The molecule has 0 radical (unpaired) electrons. The van der Waals surface area contributed by atoms with Crippen LogP contribution < -0.4 is 11.1 Å². The first-order chi connectivity index (χ1) is 8.63. The number of carbonyl (C=O) groups excluding carboxylic acids is 1. The summed E-state index contributed by atoms with van der Waals surface area (Å²) in [6.45, 7) is 3.19. The van der Waals surface area contributed by atoms with Crippen LogP contribution in [0.3, 0.4) is 0 Å². The van der Waals surface area contributed by atoms with Gasteiger partial charge in [-0.1, -0.05) is 0 Å². The van der Waals surface area contributed by atoms with Crippen LogP contribution in [-0.4, -0.2) is 37.2 Å². The van der Waals surface area contributed by atoms with Gasteiger partial charge in [0.15, 0.2) is 0 Å². The first kappa shape index (κ1) is 15.1. The zero-order valence-electron chi connectivity index (χ0n) is 10.9. The molecule has 0 spiro atoms. The molecule has 1 unspecified atom stereocenters. The highest BCUT2D eigenvalue weighted by Crippen LogP contribution is 2.08. The second-order valence-electron chi connectivity index (χ2n) is 4.17. The number of hydrogen-bond acceptors (Lipinski definition) is 5. The average molecular weight is 271 g/mol. The van der Waals surface area contributed by atoms with Crippen LogP contribution in [0.4, 0.5) is 0 Å². The number of methoxy groups -OCH3 is 1. The van der Waals surface area contributed by atoms with Gasteiger partial charge in [0.25, 0.3) is 0 Å². The molecule has 0 aliphatic carbocycles. The quantitative estimate of drug-likeness (QED) is 0.688. The van der Waals surface area contributed by atoms with Crippen molar-refractivity contribution in [2.75, 3.05) is 20.3 Å². The van der Waals surface area contributed by atoms with Gasteiger partial charge in [-0.25, -0.2) is 4.98 Å². The molecule has 0 aromatic carbocycles. The molecule has 1 rings (SSSR count). The SMILES string of the molecule is COCCCC(N)C(=O)NCCc1nc(C)cs1. The Bertz CT molecular complexity index is 368. The highest BCUT2D eigenvalue weighted by molar-refractivity contribution is 7.09. The van der Waals surface area contributed by atoms with Gasteiger partial charge >= 0.3 is 0 Å².